The van der Waals surface area contributed by atoms with E-state index in [9.17, 15) is 14.4 Å². The number of amides is 3. The predicted octanol–water partition coefficient (Wildman–Crippen LogP) is 3.53. The molecule has 0 bridgehead atoms. The van der Waals surface area contributed by atoms with Crippen molar-refractivity contribution < 1.29 is 19.1 Å². The molecular formula is C25H31N3O4. The lowest BCUT2D eigenvalue weighted by Crippen LogP contribution is -2.48. The molecule has 0 aliphatic heterocycles. The molecule has 1 aliphatic rings. The van der Waals surface area contributed by atoms with Crippen molar-refractivity contribution in [1.82, 2.24) is 10.2 Å². The van der Waals surface area contributed by atoms with E-state index in [0.717, 1.165) is 37.7 Å². The second-order valence-electron chi connectivity index (χ2n) is 8.15. The number of benzene rings is 2. The number of hydrogen-bond donors (Lipinski definition) is 2. The molecule has 7 nitrogen and oxygen atoms in total. The molecule has 2 N–H and O–H groups in total. The van der Waals surface area contributed by atoms with E-state index in [0.29, 0.717) is 17.0 Å². The van der Waals surface area contributed by atoms with E-state index >= 15 is 0 Å². The molecule has 170 valence electrons. The van der Waals surface area contributed by atoms with Gasteiger partial charge in [-0.3, -0.25) is 14.4 Å². The molecule has 1 fully saturated rings. The molecule has 0 atom stereocenters. The number of ether oxygens (including phenoxy) is 1. The van der Waals surface area contributed by atoms with E-state index in [4.69, 9.17) is 4.74 Å². The van der Waals surface area contributed by atoms with Gasteiger partial charge in [0.15, 0.2) is 0 Å². The van der Waals surface area contributed by atoms with E-state index in [1.54, 1.807) is 42.3 Å². The monoisotopic (exact) mass is 437 g/mol. The molecule has 0 spiro atoms. The summed E-state index contributed by atoms with van der Waals surface area (Å²) in [6, 6.07) is 14.4. The Labute approximate surface area is 189 Å². The SMILES string of the molecule is COc1ccc(C(=O)N(CC(=O)NCC(=O)Nc2cccc(C)c2)C2CCCCC2)cc1. The molecule has 0 unspecified atom stereocenters. The van der Waals surface area contributed by atoms with Gasteiger partial charge in [-0.15, -0.1) is 0 Å². The Morgan fingerprint density at radius 1 is 1.00 bits per heavy atom. The molecular weight excluding hydrogens is 406 g/mol. The summed E-state index contributed by atoms with van der Waals surface area (Å²) in [7, 11) is 1.57. The number of aryl methyl sites for hydroxylation is 1. The van der Waals surface area contributed by atoms with Crippen molar-refractivity contribution in [3.8, 4) is 5.75 Å². The quantitative estimate of drug-likeness (QED) is 0.661. The lowest BCUT2D eigenvalue weighted by molar-refractivity contribution is -0.125. The Kier molecular flexibility index (Phi) is 8.25. The van der Waals surface area contributed by atoms with E-state index in [-0.39, 0.29) is 36.9 Å². The van der Waals surface area contributed by atoms with Gasteiger partial charge in [0, 0.05) is 17.3 Å². The van der Waals surface area contributed by atoms with E-state index in [1.165, 1.54) is 0 Å². The zero-order valence-corrected chi connectivity index (χ0v) is 18.7. The van der Waals surface area contributed by atoms with Gasteiger partial charge in [0.05, 0.1) is 13.7 Å². The number of carbonyl (C=O) groups is 3. The second kappa shape index (κ2) is 11.3. The number of carbonyl (C=O) groups excluding carboxylic acids is 3. The van der Waals surface area contributed by atoms with Crippen LogP contribution < -0.4 is 15.4 Å². The van der Waals surface area contributed by atoms with Crippen LogP contribution in [0.25, 0.3) is 0 Å². The van der Waals surface area contributed by atoms with Crippen LogP contribution in [0, 0.1) is 6.92 Å². The van der Waals surface area contributed by atoms with Crippen molar-refractivity contribution in [3.63, 3.8) is 0 Å². The highest BCUT2D eigenvalue weighted by Gasteiger charge is 2.28. The van der Waals surface area contributed by atoms with Crippen molar-refractivity contribution in [2.24, 2.45) is 0 Å². The molecule has 0 saturated heterocycles. The maximum atomic E-state index is 13.2. The summed E-state index contributed by atoms with van der Waals surface area (Å²) < 4.78 is 5.17. The zero-order chi connectivity index (χ0) is 22.9. The normalized spacial score (nSPS) is 13.8. The highest BCUT2D eigenvalue weighted by atomic mass is 16.5. The number of nitrogens with zero attached hydrogens (tertiary/aromatic N) is 1. The zero-order valence-electron chi connectivity index (χ0n) is 18.7. The van der Waals surface area contributed by atoms with Crippen LogP contribution in [0.3, 0.4) is 0 Å². The van der Waals surface area contributed by atoms with Crippen LogP contribution in [-0.4, -0.2) is 48.9 Å². The summed E-state index contributed by atoms with van der Waals surface area (Å²) in [5.74, 6) is -0.173. The van der Waals surface area contributed by atoms with Gasteiger partial charge in [0.2, 0.25) is 11.8 Å². The summed E-state index contributed by atoms with van der Waals surface area (Å²) in [4.78, 5) is 39.7. The Morgan fingerprint density at radius 3 is 2.38 bits per heavy atom. The third-order valence-electron chi connectivity index (χ3n) is 5.68. The molecule has 0 aromatic heterocycles. The Hall–Kier alpha value is -3.35. The summed E-state index contributed by atoms with van der Waals surface area (Å²) >= 11 is 0. The molecule has 0 radical (unpaired) electrons. The molecule has 2 aromatic rings. The average molecular weight is 438 g/mol. The minimum absolute atomic E-state index is 0.0187. The third kappa shape index (κ3) is 6.57. The maximum Gasteiger partial charge on any atom is 0.254 e. The highest BCUT2D eigenvalue weighted by Crippen LogP contribution is 2.24. The molecule has 1 saturated carbocycles. The van der Waals surface area contributed by atoms with Gasteiger partial charge >= 0.3 is 0 Å². The van der Waals surface area contributed by atoms with Gasteiger partial charge in [-0.1, -0.05) is 31.4 Å². The minimum atomic E-state index is -0.350. The van der Waals surface area contributed by atoms with E-state index in [1.807, 2.05) is 25.1 Å². The van der Waals surface area contributed by atoms with Crippen LogP contribution in [0.4, 0.5) is 5.69 Å². The lowest BCUT2D eigenvalue weighted by atomic mass is 9.93. The van der Waals surface area contributed by atoms with Gasteiger partial charge in [-0.25, -0.2) is 0 Å². The first-order valence-corrected chi connectivity index (χ1v) is 11.0. The van der Waals surface area contributed by atoms with Gasteiger partial charge < -0.3 is 20.3 Å². The Balaban J connectivity index is 1.61. The molecule has 32 heavy (non-hydrogen) atoms. The maximum absolute atomic E-state index is 13.2. The number of rotatable bonds is 8. The van der Waals surface area contributed by atoms with Crippen LogP contribution in [0.15, 0.2) is 48.5 Å². The fraction of sp³-hybridized carbons (Fsp3) is 0.400. The highest BCUT2D eigenvalue weighted by molar-refractivity contribution is 5.98. The summed E-state index contributed by atoms with van der Waals surface area (Å²) in [5, 5.41) is 5.41. The van der Waals surface area contributed by atoms with E-state index in [2.05, 4.69) is 10.6 Å². The lowest BCUT2D eigenvalue weighted by Gasteiger charge is -2.34. The standard InChI is InChI=1S/C25H31N3O4/c1-18-7-6-8-20(15-18)27-23(29)16-26-24(30)17-28(21-9-4-3-5-10-21)25(31)19-11-13-22(32-2)14-12-19/h6-8,11-15,21H,3-5,9-10,16-17H2,1-2H3,(H,26,30)(H,27,29). The first-order valence-electron chi connectivity index (χ1n) is 11.0. The number of nitrogens with one attached hydrogen (secondary N) is 2. The van der Waals surface area contributed by atoms with Gasteiger partial charge in [0.25, 0.3) is 5.91 Å². The molecule has 1 aliphatic carbocycles. The molecule has 3 rings (SSSR count). The predicted molar refractivity (Wildman–Crippen MR) is 124 cm³/mol. The Morgan fingerprint density at radius 2 is 1.72 bits per heavy atom. The minimum Gasteiger partial charge on any atom is -0.497 e. The van der Waals surface area contributed by atoms with Crippen LogP contribution in [0.1, 0.15) is 48.0 Å². The fourth-order valence-corrected chi connectivity index (χ4v) is 3.98. The van der Waals surface area contributed by atoms with Crippen LogP contribution in [-0.2, 0) is 9.59 Å². The first-order chi connectivity index (χ1) is 15.5. The third-order valence-corrected chi connectivity index (χ3v) is 5.68. The van der Waals surface area contributed by atoms with Crippen molar-refractivity contribution in [2.45, 2.75) is 45.1 Å². The number of methoxy groups -OCH3 is 1. The van der Waals surface area contributed by atoms with Gasteiger partial charge in [-0.05, 0) is 61.7 Å². The van der Waals surface area contributed by atoms with Gasteiger partial charge in [-0.2, -0.15) is 0 Å². The molecule has 2 aromatic carbocycles. The van der Waals surface area contributed by atoms with Crippen molar-refractivity contribution in [1.29, 1.82) is 0 Å². The first kappa shape index (κ1) is 23.3. The van der Waals surface area contributed by atoms with Crippen molar-refractivity contribution in [3.05, 3.63) is 59.7 Å². The summed E-state index contributed by atoms with van der Waals surface area (Å²) in [6.07, 6.45) is 4.98. The summed E-state index contributed by atoms with van der Waals surface area (Å²) in [5.41, 5.74) is 2.23. The molecule has 3 amide bonds. The smallest absolute Gasteiger partial charge is 0.254 e. The average Bonchev–Trinajstić information content (AvgIpc) is 2.81. The van der Waals surface area contributed by atoms with Crippen molar-refractivity contribution >= 4 is 23.4 Å². The second-order valence-corrected chi connectivity index (χ2v) is 8.15. The van der Waals surface area contributed by atoms with Crippen LogP contribution in [0.2, 0.25) is 0 Å². The van der Waals surface area contributed by atoms with Crippen LogP contribution >= 0.6 is 0 Å². The topological polar surface area (TPSA) is 87.7 Å². The fourth-order valence-electron chi connectivity index (χ4n) is 3.98. The Bertz CT molecular complexity index is 936. The van der Waals surface area contributed by atoms with Gasteiger partial charge in [0.1, 0.15) is 12.3 Å². The van der Waals surface area contributed by atoms with Crippen LogP contribution in [0.5, 0.6) is 5.75 Å². The number of hydrogen-bond acceptors (Lipinski definition) is 4. The van der Waals surface area contributed by atoms with Crippen molar-refractivity contribution in [2.75, 3.05) is 25.5 Å². The van der Waals surface area contributed by atoms with E-state index < -0.39 is 0 Å². The number of anilines is 1. The molecule has 0 heterocycles. The largest absolute Gasteiger partial charge is 0.497 e. The summed E-state index contributed by atoms with van der Waals surface area (Å²) in [6.45, 7) is 1.71. The molecule has 7 heteroatoms.